The van der Waals surface area contributed by atoms with E-state index in [1.807, 2.05) is 0 Å². The van der Waals surface area contributed by atoms with Crippen molar-refractivity contribution in [1.29, 1.82) is 0 Å². The van der Waals surface area contributed by atoms with Crippen LogP contribution >= 0.6 is 46.3 Å². The molecule has 3 heterocycles. The Labute approximate surface area is 302 Å². The summed E-state index contributed by atoms with van der Waals surface area (Å²) in [5, 5.41) is 20.2. The summed E-state index contributed by atoms with van der Waals surface area (Å²) < 4.78 is 17.9. The summed E-state index contributed by atoms with van der Waals surface area (Å²) in [4.78, 5) is 48.6. The smallest absolute Gasteiger partial charge is 0.338 e. The first kappa shape index (κ1) is 34.9. The molecule has 1 N–H and O–H groups in total. The number of rotatable bonds is 10. The Morgan fingerprint density at radius 3 is 2.60 bits per heavy atom. The number of halogens is 2. The van der Waals surface area contributed by atoms with Crippen LogP contribution in [0.3, 0.4) is 0 Å². The number of esters is 1. The van der Waals surface area contributed by atoms with Gasteiger partial charge >= 0.3 is 5.97 Å². The maximum Gasteiger partial charge on any atom is 0.338 e. The van der Waals surface area contributed by atoms with Crippen molar-refractivity contribution in [2.24, 2.45) is 4.99 Å². The number of benzene rings is 3. The molecule has 6 rings (SSSR count). The molecule has 2 aromatic heterocycles. The van der Waals surface area contributed by atoms with Gasteiger partial charge in [0.05, 0.1) is 57.5 Å². The molecule has 0 saturated heterocycles. The first-order chi connectivity index (χ1) is 24.0. The quantitative estimate of drug-likeness (QED) is 0.102. The number of aromatic amines is 1. The molecule has 0 saturated carbocycles. The van der Waals surface area contributed by atoms with Crippen LogP contribution in [0.15, 0.2) is 85.7 Å². The van der Waals surface area contributed by atoms with Crippen molar-refractivity contribution >= 4 is 64.0 Å². The minimum atomic E-state index is -0.894. The summed E-state index contributed by atoms with van der Waals surface area (Å²) in [5.41, 5.74) is 1.47. The number of H-pyrrole nitrogens is 1. The molecule has 0 fully saturated rings. The number of carbonyl (C=O) groups is 1. The first-order valence-electron chi connectivity index (χ1n) is 14.8. The summed E-state index contributed by atoms with van der Waals surface area (Å²) in [7, 11) is 3.00. The van der Waals surface area contributed by atoms with Crippen molar-refractivity contribution in [1.82, 2.24) is 19.7 Å². The first-order valence-corrected chi connectivity index (χ1v) is 17.2. The van der Waals surface area contributed by atoms with Crippen LogP contribution in [0.1, 0.15) is 31.0 Å². The Morgan fingerprint density at radius 2 is 1.90 bits per heavy atom. The SMILES string of the molecule is CCOC(=O)C1=C(C)N=c2s/c(=C/c3ccc(Sc4n[nH]c(-c5ccc(Cl)cc5Cl)n4)c([N+](=O)[O-])c3)c(=O)n2[C@H]1c1ccc(OC)c(OC)c1. The molecule has 50 heavy (non-hydrogen) atoms. The number of nitro groups is 1. The maximum absolute atomic E-state index is 14.1. The lowest BCUT2D eigenvalue weighted by Gasteiger charge is -2.25. The van der Waals surface area contributed by atoms with E-state index in [9.17, 15) is 19.7 Å². The average Bonchev–Trinajstić information content (AvgIpc) is 3.67. The van der Waals surface area contributed by atoms with Gasteiger partial charge in [-0.1, -0.05) is 46.7 Å². The number of hydrogen-bond donors (Lipinski definition) is 1. The monoisotopic (exact) mass is 752 g/mol. The van der Waals surface area contributed by atoms with Gasteiger partial charge in [-0.3, -0.25) is 24.6 Å². The van der Waals surface area contributed by atoms with Gasteiger partial charge in [0.25, 0.3) is 11.2 Å². The molecule has 1 aliphatic heterocycles. The number of methoxy groups -OCH3 is 2. The third kappa shape index (κ3) is 6.76. The van der Waals surface area contributed by atoms with Crippen molar-refractivity contribution in [2.75, 3.05) is 20.8 Å². The Morgan fingerprint density at radius 1 is 1.12 bits per heavy atom. The van der Waals surface area contributed by atoms with E-state index in [4.69, 9.17) is 37.4 Å². The normalized spacial score (nSPS) is 14.3. The fraction of sp³-hybridized carbons (Fsp3) is 0.182. The topological polar surface area (TPSA) is 164 Å². The second kappa shape index (κ2) is 14.5. The van der Waals surface area contributed by atoms with E-state index in [1.165, 1.54) is 24.9 Å². The predicted octanol–water partition coefficient (Wildman–Crippen LogP) is 5.97. The second-order valence-electron chi connectivity index (χ2n) is 10.6. The van der Waals surface area contributed by atoms with Gasteiger partial charge in [0, 0.05) is 16.7 Å². The van der Waals surface area contributed by atoms with Crippen LogP contribution in [0.4, 0.5) is 5.69 Å². The van der Waals surface area contributed by atoms with Gasteiger partial charge < -0.3 is 14.2 Å². The van der Waals surface area contributed by atoms with E-state index >= 15 is 0 Å². The molecule has 1 aliphatic rings. The molecule has 17 heteroatoms. The van der Waals surface area contributed by atoms with Gasteiger partial charge in [0.2, 0.25) is 5.16 Å². The average molecular weight is 754 g/mol. The number of thiazole rings is 1. The largest absolute Gasteiger partial charge is 0.493 e. The predicted molar refractivity (Wildman–Crippen MR) is 189 cm³/mol. The van der Waals surface area contributed by atoms with Crippen LogP contribution in [-0.4, -0.2) is 51.5 Å². The number of nitrogens with zero attached hydrogens (tertiary/aromatic N) is 5. The van der Waals surface area contributed by atoms with Crippen LogP contribution in [0.2, 0.25) is 10.0 Å². The number of hydrogen-bond acceptors (Lipinski definition) is 12. The van der Waals surface area contributed by atoms with Gasteiger partial charge in [0.15, 0.2) is 22.1 Å². The number of fused-ring (bicyclic) bond motifs is 1. The molecule has 0 spiro atoms. The van der Waals surface area contributed by atoms with Crippen molar-refractivity contribution in [3.8, 4) is 22.9 Å². The molecule has 0 unspecified atom stereocenters. The molecule has 13 nitrogen and oxygen atoms in total. The zero-order valence-corrected chi connectivity index (χ0v) is 29.9. The van der Waals surface area contributed by atoms with Gasteiger partial charge in [0.1, 0.15) is 0 Å². The molecule has 0 amide bonds. The van der Waals surface area contributed by atoms with E-state index in [0.717, 1.165) is 23.1 Å². The fourth-order valence-corrected chi connectivity index (χ4v) is 7.67. The van der Waals surface area contributed by atoms with Crippen LogP contribution < -0.4 is 24.4 Å². The number of aromatic nitrogens is 4. The van der Waals surface area contributed by atoms with Crippen LogP contribution in [-0.2, 0) is 9.53 Å². The van der Waals surface area contributed by atoms with Crippen molar-refractivity contribution < 1.29 is 23.9 Å². The third-order valence-electron chi connectivity index (χ3n) is 7.57. The summed E-state index contributed by atoms with van der Waals surface area (Å²) in [6.07, 6.45) is 1.55. The zero-order chi connectivity index (χ0) is 35.7. The fourth-order valence-electron chi connectivity index (χ4n) is 5.33. The highest BCUT2D eigenvalue weighted by Gasteiger charge is 2.34. The van der Waals surface area contributed by atoms with Gasteiger partial charge in [-0.25, -0.2) is 14.8 Å². The maximum atomic E-state index is 14.1. The highest BCUT2D eigenvalue weighted by Crippen LogP contribution is 2.37. The van der Waals surface area contributed by atoms with Crippen molar-refractivity contribution in [3.05, 3.63) is 117 Å². The van der Waals surface area contributed by atoms with Gasteiger partial charge in [-0.15, -0.1) is 5.10 Å². The Bertz CT molecular complexity index is 2390. The Balaban J connectivity index is 1.39. The third-order valence-corrected chi connectivity index (χ3v) is 10.0. The number of nitrogens with one attached hydrogen (secondary N) is 1. The number of allylic oxidation sites excluding steroid dienone is 1. The zero-order valence-electron chi connectivity index (χ0n) is 26.7. The van der Waals surface area contributed by atoms with E-state index in [1.54, 1.807) is 68.5 Å². The molecule has 5 aromatic rings. The second-order valence-corrected chi connectivity index (χ2v) is 13.5. The Hall–Kier alpha value is -4.96. The summed E-state index contributed by atoms with van der Waals surface area (Å²) >= 11 is 14.4. The minimum Gasteiger partial charge on any atom is -0.493 e. The lowest BCUT2D eigenvalue weighted by Crippen LogP contribution is -2.40. The Kier molecular flexibility index (Phi) is 10.1. The van der Waals surface area contributed by atoms with Gasteiger partial charge in [-0.2, -0.15) is 0 Å². The molecule has 0 aliphatic carbocycles. The van der Waals surface area contributed by atoms with E-state index in [2.05, 4.69) is 20.2 Å². The van der Waals surface area contributed by atoms with E-state index in [0.29, 0.717) is 54.6 Å². The van der Waals surface area contributed by atoms with E-state index in [-0.39, 0.29) is 32.5 Å². The highest BCUT2D eigenvalue weighted by molar-refractivity contribution is 7.99. The summed E-state index contributed by atoms with van der Waals surface area (Å²) in [6.45, 7) is 3.50. The molecular weight excluding hydrogens is 727 g/mol. The van der Waals surface area contributed by atoms with Crippen molar-refractivity contribution in [2.45, 2.75) is 29.9 Å². The van der Waals surface area contributed by atoms with E-state index < -0.39 is 22.5 Å². The standard InChI is InChI=1S/C33H26Cl2N6O7S2/c1-5-48-31(43)27-16(2)36-33-40(28(27)18-7-10-23(46-3)24(14-18)47-4)30(42)26(50-33)13-17-6-11-25(22(12-17)41(44)45)49-32-37-29(38-39-32)20-9-8-19(34)15-21(20)35/h6-15,28H,5H2,1-4H3,(H,37,38,39)/b26-13+/t28-/m0/s1. The number of nitro benzene ring substituents is 1. The minimum absolute atomic E-state index is 0.125. The highest BCUT2D eigenvalue weighted by atomic mass is 35.5. The molecule has 1 atom stereocenters. The lowest BCUT2D eigenvalue weighted by atomic mass is 9.95. The van der Waals surface area contributed by atoms with Gasteiger partial charge in [-0.05, 0) is 79.2 Å². The molecule has 256 valence electrons. The molecular formula is C33H26Cl2N6O7S2. The molecule has 0 bridgehead atoms. The summed E-state index contributed by atoms with van der Waals surface area (Å²) in [5.74, 6) is 0.642. The van der Waals surface area contributed by atoms with Crippen LogP contribution in [0.5, 0.6) is 11.5 Å². The summed E-state index contributed by atoms with van der Waals surface area (Å²) in [6, 6.07) is 13.7. The lowest BCUT2D eigenvalue weighted by molar-refractivity contribution is -0.387. The van der Waals surface area contributed by atoms with Crippen molar-refractivity contribution in [3.63, 3.8) is 0 Å². The number of ether oxygens (including phenoxy) is 3. The molecule has 0 radical (unpaired) electrons. The number of carbonyl (C=O) groups excluding carboxylic acids is 1. The van der Waals surface area contributed by atoms with Crippen LogP contribution in [0.25, 0.3) is 17.5 Å². The molecule has 3 aromatic carbocycles. The van der Waals surface area contributed by atoms with Crippen LogP contribution in [0, 0.1) is 10.1 Å².